The molecule has 6 heteroatoms. The lowest BCUT2D eigenvalue weighted by Gasteiger charge is -2.01. The van der Waals surface area contributed by atoms with Crippen LogP contribution in [0.25, 0.3) is 0 Å². The van der Waals surface area contributed by atoms with Crippen molar-refractivity contribution in [1.82, 2.24) is 4.98 Å². The molecule has 1 radical (unpaired) electrons. The Hall–Kier alpha value is -0.385. The summed E-state index contributed by atoms with van der Waals surface area (Å²) in [5.41, 5.74) is 6.30. The SMILES string of the molecule is [3H][B]SOCc1cc(N)nc(Cl)c1. The molecular weight excluding hydrogens is 194 g/mol. The van der Waals surface area contributed by atoms with Crippen molar-refractivity contribution >= 4 is 36.4 Å². The summed E-state index contributed by atoms with van der Waals surface area (Å²) < 4.78 is 11.7. The number of hydrogen-bond acceptors (Lipinski definition) is 4. The zero-order chi connectivity index (χ0) is 9.68. The minimum absolute atomic E-state index is 0.346. The first-order valence-electron chi connectivity index (χ1n) is 3.70. The highest BCUT2D eigenvalue weighted by Crippen LogP contribution is 2.14. The Morgan fingerprint density at radius 3 is 3.33 bits per heavy atom. The molecule has 0 unspecified atom stereocenters. The van der Waals surface area contributed by atoms with E-state index in [1.165, 1.54) is 0 Å². The van der Waals surface area contributed by atoms with Gasteiger partial charge in [-0.1, -0.05) is 23.5 Å². The van der Waals surface area contributed by atoms with Crippen molar-refractivity contribution in [3.8, 4) is 0 Å². The summed E-state index contributed by atoms with van der Waals surface area (Å²) in [5, 5.41) is 0.346. The maximum Gasteiger partial charge on any atom is 0.209 e. The molecule has 63 valence electrons. The molecule has 1 rings (SSSR count). The molecule has 2 N–H and O–H groups in total. The van der Waals surface area contributed by atoms with Gasteiger partial charge < -0.3 is 9.92 Å². The van der Waals surface area contributed by atoms with E-state index in [-0.39, 0.29) is 0 Å². The lowest BCUT2D eigenvalue weighted by atomic mass is 10.3. The fraction of sp³-hybridized carbons (Fsp3) is 0.167. The lowest BCUT2D eigenvalue weighted by Crippen LogP contribution is -1.94. The van der Waals surface area contributed by atoms with Crippen LogP contribution in [0.5, 0.6) is 0 Å². The van der Waals surface area contributed by atoms with Crippen LogP contribution in [0.1, 0.15) is 5.56 Å². The largest absolute Gasteiger partial charge is 0.384 e. The molecule has 0 fully saturated rings. The molecule has 0 saturated heterocycles. The Morgan fingerprint density at radius 2 is 2.67 bits per heavy atom. The van der Waals surface area contributed by atoms with Crippen LogP contribution in [0.15, 0.2) is 12.1 Å². The van der Waals surface area contributed by atoms with E-state index in [2.05, 4.69) is 4.98 Å². The normalized spacial score (nSPS) is 10.9. The van der Waals surface area contributed by atoms with E-state index >= 15 is 0 Å². The minimum Gasteiger partial charge on any atom is -0.384 e. The van der Waals surface area contributed by atoms with Gasteiger partial charge in [-0.2, -0.15) is 0 Å². The predicted octanol–water partition coefficient (Wildman–Crippen LogP) is 1.30. The summed E-state index contributed by atoms with van der Waals surface area (Å²) >= 11 is 6.62. The van der Waals surface area contributed by atoms with Crippen LogP contribution < -0.4 is 5.73 Å². The van der Waals surface area contributed by atoms with E-state index in [1.54, 1.807) is 12.1 Å². The Morgan fingerprint density at radius 1 is 1.83 bits per heavy atom. The molecule has 0 spiro atoms. The van der Waals surface area contributed by atoms with Crippen molar-refractivity contribution in [2.45, 2.75) is 6.61 Å². The van der Waals surface area contributed by atoms with Gasteiger partial charge in [0, 0.05) is 0 Å². The van der Waals surface area contributed by atoms with E-state index in [0.29, 0.717) is 17.6 Å². The summed E-state index contributed by atoms with van der Waals surface area (Å²) in [7, 11) is 1.10. The summed E-state index contributed by atoms with van der Waals surface area (Å²) in [4.78, 5) is 3.80. The van der Waals surface area contributed by atoms with Gasteiger partial charge in [-0.05, 0) is 19.0 Å². The zero-order valence-electron chi connectivity index (χ0n) is 7.16. The summed E-state index contributed by atoms with van der Waals surface area (Å²) in [6.07, 6.45) is 0. The Balaban J connectivity index is 2.56. The van der Waals surface area contributed by atoms with Crippen LogP contribution in [0, 0.1) is 0 Å². The third-order valence-electron chi connectivity index (χ3n) is 1.17. The summed E-state index contributed by atoms with van der Waals surface area (Å²) in [5.74, 6) is 0.367. The van der Waals surface area contributed by atoms with Gasteiger partial charge in [0.15, 0.2) is 0 Å². The van der Waals surface area contributed by atoms with Crippen LogP contribution >= 0.6 is 23.5 Å². The number of nitrogens with zero attached hydrogens (tertiary/aromatic N) is 1. The number of aromatic nitrogens is 1. The molecule has 12 heavy (non-hydrogen) atoms. The van der Waals surface area contributed by atoms with Gasteiger partial charge in [0.05, 0.1) is 6.61 Å². The van der Waals surface area contributed by atoms with Crippen molar-refractivity contribution in [3.05, 3.63) is 22.8 Å². The Bertz CT molecular complexity index is 271. The third kappa shape index (κ3) is 2.93. The van der Waals surface area contributed by atoms with E-state index in [9.17, 15) is 0 Å². The zero-order valence-corrected chi connectivity index (χ0v) is 7.73. The molecule has 0 aromatic carbocycles. The molecule has 0 aliphatic rings. The molecule has 1 aromatic rings. The molecule has 1 aromatic heterocycles. The van der Waals surface area contributed by atoms with E-state index in [1.807, 2.05) is 0 Å². The van der Waals surface area contributed by atoms with Crippen LogP contribution in [0.4, 0.5) is 5.82 Å². The number of rotatable bonds is 4. The van der Waals surface area contributed by atoms with E-state index in [0.717, 1.165) is 24.5 Å². The Kier molecular flexibility index (Phi) is 3.15. The lowest BCUT2D eigenvalue weighted by molar-refractivity contribution is 0.369. The molecule has 0 aliphatic heterocycles. The monoisotopic (exact) mass is 203 g/mol. The van der Waals surface area contributed by atoms with Crippen LogP contribution in [0.3, 0.4) is 0 Å². The fourth-order valence-corrected chi connectivity index (χ4v) is 1.20. The number of pyridine rings is 1. The van der Waals surface area contributed by atoms with Gasteiger partial charge in [-0.25, -0.2) is 4.98 Å². The minimum atomic E-state index is 0.346. The highest BCUT2D eigenvalue weighted by atomic mass is 35.5. The topological polar surface area (TPSA) is 48.1 Å². The van der Waals surface area contributed by atoms with Crippen molar-refractivity contribution in [2.75, 3.05) is 5.73 Å². The first-order valence-corrected chi connectivity index (χ1v) is 4.31. The highest BCUT2D eigenvalue weighted by Gasteiger charge is 1.98. The van der Waals surface area contributed by atoms with Crippen molar-refractivity contribution in [3.63, 3.8) is 0 Å². The molecule has 0 amide bonds. The maximum absolute atomic E-state index is 6.70. The van der Waals surface area contributed by atoms with Crippen molar-refractivity contribution < 1.29 is 4.18 Å². The number of nitrogen functional groups attached to an aromatic ring is 1. The first kappa shape index (κ1) is 8.22. The van der Waals surface area contributed by atoms with Crippen LogP contribution in [-0.4, -0.2) is 13.4 Å². The quantitative estimate of drug-likeness (QED) is 0.347. The van der Waals surface area contributed by atoms with Crippen molar-refractivity contribution in [2.24, 2.45) is 0 Å². The van der Waals surface area contributed by atoms with E-state index in [4.69, 9.17) is 22.9 Å². The second-order valence-electron chi connectivity index (χ2n) is 2.08. The highest BCUT2D eigenvalue weighted by molar-refractivity contribution is 8.15. The molecule has 0 saturated carbocycles. The maximum atomic E-state index is 6.70. The average molecular weight is 203 g/mol. The molecule has 0 atom stereocenters. The molecule has 3 nitrogen and oxygen atoms in total. The standard InChI is InChI=1S/C6H7BClN2OS/c7-12-11-3-4-1-5(8)10-6(9)2-4/h1-2,7H,3H2,(H2,9,10)/i7T. The number of nitrogens with two attached hydrogens (primary N) is 1. The smallest absolute Gasteiger partial charge is 0.209 e. The van der Waals surface area contributed by atoms with Gasteiger partial charge in [0.2, 0.25) is 7.09 Å². The summed E-state index contributed by atoms with van der Waals surface area (Å²) in [6.45, 7) is 0.354. The second-order valence-corrected chi connectivity index (χ2v) is 2.90. The predicted molar refractivity (Wildman–Crippen MR) is 53.2 cm³/mol. The Labute approximate surface area is 82.5 Å². The van der Waals surface area contributed by atoms with Gasteiger partial charge in [-0.15, -0.1) is 0 Å². The number of halogens is 1. The fourth-order valence-electron chi connectivity index (χ4n) is 0.758. The van der Waals surface area contributed by atoms with Crippen LogP contribution in [0.2, 0.25) is 5.15 Å². The van der Waals surface area contributed by atoms with Gasteiger partial charge in [-0.3, -0.25) is 0 Å². The van der Waals surface area contributed by atoms with Crippen LogP contribution in [-0.2, 0) is 10.8 Å². The third-order valence-corrected chi connectivity index (χ3v) is 1.61. The molecule has 0 bridgehead atoms. The summed E-state index contributed by atoms with van der Waals surface area (Å²) in [6, 6.07) is 3.35. The van der Waals surface area contributed by atoms with E-state index < -0.39 is 0 Å². The first-order chi connectivity index (χ1) is 6.22. The molecular formula is C6H7BClN2OS. The van der Waals surface area contributed by atoms with Gasteiger partial charge >= 0.3 is 0 Å². The number of hydrogen-bond donors (Lipinski definition) is 1. The van der Waals surface area contributed by atoms with Crippen molar-refractivity contribution in [1.29, 1.82) is 1.34 Å². The average Bonchev–Trinajstić information content (AvgIpc) is 2.03. The van der Waals surface area contributed by atoms with Gasteiger partial charge in [0.25, 0.3) is 0 Å². The molecule has 0 aliphatic carbocycles. The number of anilines is 1. The second kappa shape index (κ2) is 4.59. The van der Waals surface area contributed by atoms with Gasteiger partial charge in [0.1, 0.15) is 11.0 Å². The molecule has 1 heterocycles.